The molecule has 120 valence electrons. The monoisotopic (exact) mass is 315 g/mol. The maximum Gasteiger partial charge on any atom is 0.243 e. The van der Waals surface area contributed by atoms with Gasteiger partial charge < -0.3 is 15.1 Å². The molecule has 21 heavy (non-hydrogen) atoms. The number of carbonyl (C=O) groups excluding carboxylic acids is 3. The van der Waals surface area contributed by atoms with Gasteiger partial charge in [0.1, 0.15) is 6.04 Å². The number of nitrogens with zero attached hydrogens (tertiary/aromatic N) is 2. The molecular weight excluding hydrogens is 290 g/mol. The van der Waals surface area contributed by atoms with Gasteiger partial charge in [0.05, 0.1) is 5.88 Å². The fourth-order valence-corrected chi connectivity index (χ4v) is 3.08. The number of amides is 3. The molecule has 0 bridgehead atoms. The van der Waals surface area contributed by atoms with E-state index in [1.54, 1.807) is 30.8 Å². The van der Waals surface area contributed by atoms with Crippen molar-refractivity contribution in [1.82, 2.24) is 15.1 Å². The largest absolute Gasteiger partial charge is 0.354 e. The Hall–Kier alpha value is -1.24. The summed E-state index contributed by atoms with van der Waals surface area (Å²) in [5.41, 5.74) is -0.496. The van der Waals surface area contributed by atoms with Crippen LogP contribution in [0.25, 0.3) is 0 Å². The topological polar surface area (TPSA) is 69.7 Å². The predicted molar refractivity (Wildman–Crippen MR) is 83.7 cm³/mol. The van der Waals surface area contributed by atoms with Crippen LogP contribution in [0.4, 0.5) is 0 Å². The molecule has 1 atom stereocenters. The molecule has 0 unspecified atom stereocenters. The summed E-state index contributed by atoms with van der Waals surface area (Å²) in [7, 11) is 3.36. The van der Waals surface area contributed by atoms with E-state index in [9.17, 15) is 14.4 Å². The lowest BCUT2D eigenvalue weighted by Gasteiger charge is -2.29. The molecule has 1 rings (SSSR count). The van der Waals surface area contributed by atoms with E-state index in [0.717, 1.165) is 0 Å². The van der Waals surface area contributed by atoms with Crippen LogP contribution in [0.3, 0.4) is 0 Å². The van der Waals surface area contributed by atoms with Crippen LogP contribution >= 0.6 is 11.8 Å². The van der Waals surface area contributed by atoms with Crippen LogP contribution in [0.2, 0.25) is 0 Å². The SMILES string of the molecule is CN(C)C(=O)CCNC(=O)[C@H]1CSCN1C(=O)C(C)(C)C. The van der Waals surface area contributed by atoms with Crippen molar-refractivity contribution in [3.05, 3.63) is 0 Å². The number of hydrogen-bond acceptors (Lipinski definition) is 4. The molecular formula is C14H25N3O3S. The molecule has 1 N–H and O–H groups in total. The minimum absolute atomic E-state index is 0.0167. The molecule has 0 saturated carbocycles. The molecule has 6 nitrogen and oxygen atoms in total. The third-order valence-electron chi connectivity index (χ3n) is 3.22. The fourth-order valence-electron chi connectivity index (χ4n) is 1.92. The summed E-state index contributed by atoms with van der Waals surface area (Å²) in [6.45, 7) is 5.85. The highest BCUT2D eigenvalue weighted by Crippen LogP contribution is 2.27. The van der Waals surface area contributed by atoms with Crippen molar-refractivity contribution in [3.8, 4) is 0 Å². The first-order valence-electron chi connectivity index (χ1n) is 7.01. The lowest BCUT2D eigenvalue weighted by Crippen LogP contribution is -2.50. The average Bonchev–Trinajstić information content (AvgIpc) is 2.85. The predicted octanol–water partition coefficient (Wildman–Crippen LogP) is 0.529. The van der Waals surface area contributed by atoms with Gasteiger partial charge in [0.15, 0.2) is 0 Å². The Bertz CT molecular complexity index is 418. The van der Waals surface area contributed by atoms with Crippen LogP contribution < -0.4 is 5.32 Å². The first-order chi connectivity index (χ1) is 9.64. The number of thioether (sulfide) groups is 1. The van der Waals surface area contributed by atoms with E-state index >= 15 is 0 Å². The zero-order valence-electron chi connectivity index (χ0n) is 13.4. The van der Waals surface area contributed by atoms with Gasteiger partial charge in [-0.1, -0.05) is 20.8 Å². The summed E-state index contributed by atoms with van der Waals surface area (Å²) >= 11 is 1.58. The van der Waals surface area contributed by atoms with Gasteiger partial charge in [-0.15, -0.1) is 11.8 Å². The second-order valence-electron chi connectivity index (χ2n) is 6.37. The van der Waals surface area contributed by atoms with Crippen LogP contribution in [-0.4, -0.2) is 65.8 Å². The Balaban J connectivity index is 2.53. The Kier molecular flexibility index (Phi) is 6.07. The molecule has 0 aromatic heterocycles. The molecule has 1 saturated heterocycles. The molecule has 0 aromatic carbocycles. The molecule has 0 aromatic rings. The summed E-state index contributed by atoms with van der Waals surface area (Å²) in [5.74, 6) is 0.931. The Morgan fingerprint density at radius 3 is 2.43 bits per heavy atom. The Labute approximate surface area is 130 Å². The van der Waals surface area contributed by atoms with Gasteiger partial charge in [0, 0.05) is 38.2 Å². The third-order valence-corrected chi connectivity index (χ3v) is 4.24. The van der Waals surface area contributed by atoms with Gasteiger partial charge >= 0.3 is 0 Å². The highest BCUT2D eigenvalue weighted by atomic mass is 32.2. The smallest absolute Gasteiger partial charge is 0.243 e. The average molecular weight is 315 g/mol. The second kappa shape index (κ2) is 7.15. The summed E-state index contributed by atoms with van der Waals surface area (Å²) in [6.07, 6.45) is 0.270. The van der Waals surface area contributed by atoms with E-state index in [4.69, 9.17) is 0 Å². The van der Waals surface area contributed by atoms with Gasteiger partial charge in [-0.2, -0.15) is 0 Å². The third kappa shape index (κ3) is 4.91. The number of hydrogen-bond donors (Lipinski definition) is 1. The van der Waals surface area contributed by atoms with Gasteiger partial charge in [-0.3, -0.25) is 14.4 Å². The molecule has 0 spiro atoms. The first kappa shape index (κ1) is 17.8. The van der Waals surface area contributed by atoms with E-state index in [1.807, 2.05) is 20.8 Å². The highest BCUT2D eigenvalue weighted by molar-refractivity contribution is 7.99. The second-order valence-corrected chi connectivity index (χ2v) is 7.37. The van der Waals surface area contributed by atoms with Crippen LogP contribution in [0, 0.1) is 5.41 Å². The molecule has 7 heteroatoms. The van der Waals surface area contributed by atoms with E-state index in [-0.39, 0.29) is 24.1 Å². The van der Waals surface area contributed by atoms with Crippen LogP contribution in [-0.2, 0) is 14.4 Å². The van der Waals surface area contributed by atoms with Crippen molar-refractivity contribution in [2.24, 2.45) is 5.41 Å². The summed E-state index contributed by atoms with van der Waals surface area (Å²) < 4.78 is 0. The maximum absolute atomic E-state index is 12.3. The molecule has 0 radical (unpaired) electrons. The molecule has 1 heterocycles. The zero-order valence-corrected chi connectivity index (χ0v) is 14.2. The molecule has 3 amide bonds. The van der Waals surface area contributed by atoms with Gasteiger partial charge in [0.2, 0.25) is 17.7 Å². The summed E-state index contributed by atoms with van der Waals surface area (Å²) in [4.78, 5) is 39.1. The number of nitrogens with one attached hydrogen (secondary N) is 1. The van der Waals surface area contributed by atoms with E-state index in [1.165, 1.54) is 4.90 Å². The van der Waals surface area contributed by atoms with E-state index in [0.29, 0.717) is 18.2 Å². The van der Waals surface area contributed by atoms with Gasteiger partial charge in [-0.25, -0.2) is 0 Å². The fraction of sp³-hybridized carbons (Fsp3) is 0.786. The van der Waals surface area contributed by atoms with E-state index in [2.05, 4.69) is 5.32 Å². The van der Waals surface area contributed by atoms with Crippen LogP contribution in [0.1, 0.15) is 27.2 Å². The van der Waals surface area contributed by atoms with Crippen molar-refractivity contribution in [1.29, 1.82) is 0 Å². The summed E-state index contributed by atoms with van der Waals surface area (Å²) in [5, 5.41) is 2.75. The van der Waals surface area contributed by atoms with Crippen molar-refractivity contribution in [2.45, 2.75) is 33.2 Å². The Morgan fingerprint density at radius 2 is 1.90 bits per heavy atom. The summed E-state index contributed by atoms with van der Waals surface area (Å²) in [6, 6.07) is -0.434. The normalized spacial score (nSPS) is 18.5. The molecule has 0 aliphatic carbocycles. The molecule has 1 aliphatic heterocycles. The number of rotatable bonds is 4. The maximum atomic E-state index is 12.3. The minimum Gasteiger partial charge on any atom is -0.354 e. The minimum atomic E-state index is -0.496. The van der Waals surface area contributed by atoms with Gasteiger partial charge in [-0.05, 0) is 0 Å². The number of carbonyl (C=O) groups is 3. The molecule has 1 fully saturated rings. The first-order valence-corrected chi connectivity index (χ1v) is 8.16. The standard InChI is InChI=1S/C14H25N3O3S/c1-14(2,3)13(20)17-9-21-8-10(17)12(19)15-7-6-11(18)16(4)5/h10H,6-9H2,1-5H3,(H,15,19)/t10-/m1/s1. The Morgan fingerprint density at radius 1 is 1.29 bits per heavy atom. The zero-order chi connectivity index (χ0) is 16.2. The van der Waals surface area contributed by atoms with Crippen LogP contribution in [0.5, 0.6) is 0 Å². The quantitative estimate of drug-likeness (QED) is 0.821. The van der Waals surface area contributed by atoms with Gasteiger partial charge in [0.25, 0.3) is 0 Å². The van der Waals surface area contributed by atoms with Crippen molar-refractivity contribution < 1.29 is 14.4 Å². The van der Waals surface area contributed by atoms with E-state index < -0.39 is 11.5 Å². The lowest BCUT2D eigenvalue weighted by molar-refractivity contribution is -0.144. The van der Waals surface area contributed by atoms with Crippen LogP contribution in [0.15, 0.2) is 0 Å². The molecule has 1 aliphatic rings. The lowest BCUT2D eigenvalue weighted by atomic mass is 9.94. The highest BCUT2D eigenvalue weighted by Gasteiger charge is 2.38. The van der Waals surface area contributed by atoms with Crippen molar-refractivity contribution in [3.63, 3.8) is 0 Å². The van der Waals surface area contributed by atoms with Crippen molar-refractivity contribution in [2.75, 3.05) is 32.3 Å². The van der Waals surface area contributed by atoms with Crippen molar-refractivity contribution >= 4 is 29.5 Å².